The molecule has 1 aliphatic heterocycles. The Bertz CT molecular complexity index is 1080. The fourth-order valence-electron chi connectivity index (χ4n) is 4.53. The molecule has 0 bridgehead atoms. The van der Waals surface area contributed by atoms with E-state index in [9.17, 15) is 0 Å². The van der Waals surface area contributed by atoms with Gasteiger partial charge in [-0.15, -0.1) is 0 Å². The lowest BCUT2D eigenvalue weighted by atomic mass is 9.93. The van der Waals surface area contributed by atoms with E-state index in [1.54, 1.807) is 6.20 Å². The Morgan fingerprint density at radius 2 is 1.78 bits per heavy atom. The number of rotatable bonds is 5. The summed E-state index contributed by atoms with van der Waals surface area (Å²) in [7, 11) is 0. The number of nitrogens with zero attached hydrogens (tertiary/aromatic N) is 5. The Morgan fingerprint density at radius 3 is 2.56 bits per heavy atom. The number of anilines is 2. The van der Waals surface area contributed by atoms with Gasteiger partial charge in [0.1, 0.15) is 23.2 Å². The van der Waals surface area contributed by atoms with Gasteiger partial charge in [-0.1, -0.05) is 0 Å². The zero-order valence-electron chi connectivity index (χ0n) is 18.8. The highest BCUT2D eigenvalue weighted by molar-refractivity contribution is 5.88. The van der Waals surface area contributed by atoms with Crippen LogP contribution in [0, 0.1) is 13.8 Å². The maximum atomic E-state index is 6.57. The third-order valence-electron chi connectivity index (χ3n) is 6.24. The summed E-state index contributed by atoms with van der Waals surface area (Å²) in [4.78, 5) is 20.1. The molecule has 0 unspecified atom stereocenters. The summed E-state index contributed by atoms with van der Waals surface area (Å²) in [6.45, 7) is 7.10. The first kappa shape index (κ1) is 20.9. The molecule has 1 saturated carbocycles. The largest absolute Gasteiger partial charge is 0.490 e. The molecule has 168 valence electrons. The van der Waals surface area contributed by atoms with Crippen molar-refractivity contribution < 1.29 is 9.47 Å². The van der Waals surface area contributed by atoms with Gasteiger partial charge in [-0.25, -0.2) is 19.9 Å². The number of ether oxygens (including phenoxy) is 2. The van der Waals surface area contributed by atoms with Gasteiger partial charge in [0, 0.05) is 43.3 Å². The summed E-state index contributed by atoms with van der Waals surface area (Å²) in [5.74, 6) is 3.34. The van der Waals surface area contributed by atoms with Crippen LogP contribution < -0.4 is 15.0 Å². The van der Waals surface area contributed by atoms with E-state index in [0.29, 0.717) is 6.04 Å². The van der Waals surface area contributed by atoms with Gasteiger partial charge in [0.05, 0.1) is 30.2 Å². The molecule has 0 radical (unpaired) electrons. The second kappa shape index (κ2) is 9.24. The van der Waals surface area contributed by atoms with Gasteiger partial charge in [-0.2, -0.15) is 0 Å². The second-order valence-corrected chi connectivity index (χ2v) is 8.62. The van der Waals surface area contributed by atoms with Gasteiger partial charge in [-0.05, 0) is 51.7 Å². The third-order valence-corrected chi connectivity index (χ3v) is 6.24. The molecular weight excluding hydrogens is 404 g/mol. The Labute approximate surface area is 188 Å². The molecule has 2 aromatic heterocycles. The molecule has 1 aromatic carbocycles. The Balaban J connectivity index is 1.30. The van der Waals surface area contributed by atoms with E-state index in [0.717, 1.165) is 91.8 Å². The van der Waals surface area contributed by atoms with Gasteiger partial charge in [0.2, 0.25) is 0 Å². The number of morpholine rings is 1. The van der Waals surface area contributed by atoms with Crippen LogP contribution in [0.1, 0.15) is 37.3 Å². The lowest BCUT2D eigenvalue weighted by Crippen LogP contribution is -2.36. The molecule has 1 aliphatic carbocycles. The van der Waals surface area contributed by atoms with Crippen LogP contribution in [-0.4, -0.2) is 58.4 Å². The first-order chi connectivity index (χ1) is 15.6. The lowest BCUT2D eigenvalue weighted by molar-refractivity contribution is 0.122. The van der Waals surface area contributed by atoms with Gasteiger partial charge in [0.15, 0.2) is 0 Å². The summed E-state index contributed by atoms with van der Waals surface area (Å²) in [6, 6.07) is 6.64. The van der Waals surface area contributed by atoms with Crippen molar-refractivity contribution in [3.8, 4) is 5.75 Å². The molecule has 3 aromatic rings. The Morgan fingerprint density at radius 1 is 1.00 bits per heavy atom. The van der Waals surface area contributed by atoms with Crippen LogP contribution in [0.5, 0.6) is 5.75 Å². The average Bonchev–Trinajstić information content (AvgIpc) is 2.80. The van der Waals surface area contributed by atoms with E-state index in [4.69, 9.17) is 9.47 Å². The first-order valence-electron chi connectivity index (χ1n) is 11.5. The van der Waals surface area contributed by atoms with Crippen molar-refractivity contribution in [3.05, 3.63) is 42.2 Å². The minimum Gasteiger partial charge on any atom is -0.490 e. The number of benzene rings is 1. The predicted molar refractivity (Wildman–Crippen MR) is 124 cm³/mol. The first-order valence-corrected chi connectivity index (χ1v) is 11.5. The van der Waals surface area contributed by atoms with Gasteiger partial charge in [0.25, 0.3) is 0 Å². The molecular formula is C24H30N6O2. The number of aryl methyl sites for hydroxylation is 2. The van der Waals surface area contributed by atoms with Gasteiger partial charge >= 0.3 is 0 Å². The number of aromatic nitrogens is 4. The SMILES string of the molecule is Cc1nccc(N[C@H]2CC[C@@H](Oc3cc(N4CCOCC4)cc4nc(C)ncc34)CC2)n1. The van der Waals surface area contributed by atoms with Gasteiger partial charge in [-0.3, -0.25) is 0 Å². The van der Waals surface area contributed by atoms with Crippen LogP contribution in [0.25, 0.3) is 10.9 Å². The zero-order valence-corrected chi connectivity index (χ0v) is 18.8. The molecule has 8 nitrogen and oxygen atoms in total. The van der Waals surface area contributed by atoms with Crippen LogP contribution in [0.3, 0.4) is 0 Å². The summed E-state index contributed by atoms with van der Waals surface area (Å²) < 4.78 is 12.1. The maximum Gasteiger partial charge on any atom is 0.132 e. The van der Waals surface area contributed by atoms with Gasteiger partial charge < -0.3 is 19.7 Å². The smallest absolute Gasteiger partial charge is 0.132 e. The van der Waals surface area contributed by atoms with E-state index in [1.807, 2.05) is 26.1 Å². The monoisotopic (exact) mass is 434 g/mol. The number of hydrogen-bond acceptors (Lipinski definition) is 8. The summed E-state index contributed by atoms with van der Waals surface area (Å²) in [5, 5.41) is 4.53. The number of fused-ring (bicyclic) bond motifs is 1. The van der Waals surface area contributed by atoms with E-state index < -0.39 is 0 Å². The van der Waals surface area contributed by atoms with Crippen LogP contribution in [0.2, 0.25) is 0 Å². The molecule has 32 heavy (non-hydrogen) atoms. The summed E-state index contributed by atoms with van der Waals surface area (Å²) in [5.41, 5.74) is 2.08. The fourth-order valence-corrected chi connectivity index (χ4v) is 4.53. The van der Waals surface area contributed by atoms with E-state index >= 15 is 0 Å². The highest BCUT2D eigenvalue weighted by atomic mass is 16.5. The van der Waals surface area contributed by atoms with Crippen LogP contribution in [-0.2, 0) is 4.74 Å². The van der Waals surface area contributed by atoms with Crippen molar-refractivity contribution in [3.63, 3.8) is 0 Å². The fraction of sp³-hybridized carbons (Fsp3) is 0.500. The average molecular weight is 435 g/mol. The van der Waals surface area contributed by atoms with E-state index in [2.05, 4.69) is 42.3 Å². The molecule has 3 heterocycles. The predicted octanol–water partition coefficient (Wildman–Crippen LogP) is 3.68. The molecule has 2 fully saturated rings. The maximum absolute atomic E-state index is 6.57. The van der Waals surface area contributed by atoms with E-state index in [-0.39, 0.29) is 6.10 Å². The van der Waals surface area contributed by atoms with E-state index in [1.165, 1.54) is 0 Å². The lowest BCUT2D eigenvalue weighted by Gasteiger charge is -2.31. The van der Waals surface area contributed by atoms with Crippen molar-refractivity contribution >= 4 is 22.4 Å². The standard InChI is InChI=1S/C24H30N6O2/c1-16-25-8-7-24(28-16)29-18-3-5-20(6-4-18)32-23-14-19(30-9-11-31-12-10-30)13-22-21(23)15-26-17(2)27-22/h7-8,13-15,18,20H,3-6,9-12H2,1-2H3,(H,25,28,29)/t18-,20+. The number of nitrogens with one attached hydrogen (secondary N) is 1. The van der Waals surface area contributed by atoms with Crippen molar-refractivity contribution in [1.29, 1.82) is 0 Å². The van der Waals surface area contributed by atoms with Crippen LogP contribution in [0.4, 0.5) is 11.5 Å². The molecule has 0 amide bonds. The second-order valence-electron chi connectivity index (χ2n) is 8.62. The molecule has 0 spiro atoms. The molecule has 2 aliphatic rings. The quantitative estimate of drug-likeness (QED) is 0.651. The van der Waals surface area contributed by atoms with Crippen molar-refractivity contribution in [2.45, 2.75) is 51.7 Å². The molecule has 0 atom stereocenters. The van der Waals surface area contributed by atoms with Crippen molar-refractivity contribution in [2.24, 2.45) is 0 Å². The third kappa shape index (κ3) is 4.75. The molecule has 1 N–H and O–H groups in total. The Hall–Kier alpha value is -3.00. The molecule has 1 saturated heterocycles. The van der Waals surface area contributed by atoms with Crippen molar-refractivity contribution in [1.82, 2.24) is 19.9 Å². The van der Waals surface area contributed by atoms with Crippen LogP contribution in [0.15, 0.2) is 30.6 Å². The normalized spacial score (nSPS) is 21.5. The highest BCUT2D eigenvalue weighted by Gasteiger charge is 2.24. The Kier molecular flexibility index (Phi) is 6.03. The van der Waals surface area contributed by atoms with Crippen molar-refractivity contribution in [2.75, 3.05) is 36.5 Å². The minimum atomic E-state index is 0.185. The topological polar surface area (TPSA) is 85.3 Å². The minimum absolute atomic E-state index is 0.185. The molecule has 8 heteroatoms. The number of hydrogen-bond donors (Lipinski definition) is 1. The van der Waals surface area contributed by atoms with Crippen LogP contribution >= 0.6 is 0 Å². The zero-order chi connectivity index (χ0) is 21.9. The summed E-state index contributed by atoms with van der Waals surface area (Å²) >= 11 is 0. The summed E-state index contributed by atoms with van der Waals surface area (Å²) in [6.07, 6.45) is 7.96. The highest BCUT2D eigenvalue weighted by Crippen LogP contribution is 2.34. The molecule has 5 rings (SSSR count).